The van der Waals surface area contributed by atoms with Crippen LogP contribution in [0.1, 0.15) is 31.4 Å². The Bertz CT molecular complexity index is 393. The molecule has 1 aromatic heterocycles. The quantitative estimate of drug-likeness (QED) is 0.759. The number of rotatable bonds is 1. The Labute approximate surface area is 94.7 Å². The van der Waals surface area contributed by atoms with Crippen LogP contribution in [-0.4, -0.2) is 33.9 Å². The van der Waals surface area contributed by atoms with Crippen molar-refractivity contribution in [3.63, 3.8) is 0 Å². The van der Waals surface area contributed by atoms with E-state index in [0.29, 0.717) is 11.9 Å². The molecular weight excluding hydrogens is 204 g/mol. The van der Waals surface area contributed by atoms with E-state index in [1.807, 2.05) is 11.0 Å². The Kier molecular flexibility index (Phi) is 3.03. The van der Waals surface area contributed by atoms with Crippen LogP contribution < -0.4 is 5.73 Å². The van der Waals surface area contributed by atoms with E-state index in [0.717, 1.165) is 31.6 Å². The number of nitrogens with zero attached hydrogens (tertiary/aromatic N) is 3. The predicted molar refractivity (Wildman–Crippen MR) is 60.7 cm³/mol. The number of hydrogen-bond donors (Lipinski definition) is 1. The summed E-state index contributed by atoms with van der Waals surface area (Å²) in [6.07, 6.45) is 3.75. The molecule has 1 saturated heterocycles. The first-order valence-electron chi connectivity index (χ1n) is 5.51. The average molecular weight is 220 g/mol. The number of aromatic nitrogens is 2. The molecule has 0 radical (unpaired) electrons. The summed E-state index contributed by atoms with van der Waals surface area (Å²) in [4.78, 5) is 21.3. The zero-order valence-electron chi connectivity index (χ0n) is 9.39. The van der Waals surface area contributed by atoms with Crippen molar-refractivity contribution in [2.45, 2.75) is 25.7 Å². The summed E-state index contributed by atoms with van der Waals surface area (Å²) in [5.41, 5.74) is 6.50. The minimum Gasteiger partial charge on any atom is -0.368 e. The number of nitrogen functional groups attached to an aromatic ring is 1. The molecule has 0 bridgehead atoms. The molecule has 1 aliphatic heterocycles. The SMILES string of the molecule is CC(=O)N1CCC[C@@H](c2ccnc(N)n2)C1. The maximum Gasteiger partial charge on any atom is 0.220 e. The second-order valence-electron chi connectivity index (χ2n) is 4.14. The van der Waals surface area contributed by atoms with Crippen molar-refractivity contribution < 1.29 is 4.79 Å². The zero-order chi connectivity index (χ0) is 11.5. The minimum absolute atomic E-state index is 0.131. The fraction of sp³-hybridized carbons (Fsp3) is 0.545. The Hall–Kier alpha value is -1.65. The van der Waals surface area contributed by atoms with E-state index in [-0.39, 0.29) is 5.91 Å². The standard InChI is InChI=1S/C11H16N4O/c1-8(16)15-6-2-3-9(7-15)10-4-5-13-11(12)14-10/h4-5,9H,2-3,6-7H2,1H3,(H2,12,13,14)/t9-/m1/s1. The van der Waals surface area contributed by atoms with Crippen LogP contribution in [0.5, 0.6) is 0 Å². The van der Waals surface area contributed by atoms with Gasteiger partial charge in [0.25, 0.3) is 0 Å². The highest BCUT2D eigenvalue weighted by Gasteiger charge is 2.23. The van der Waals surface area contributed by atoms with Gasteiger partial charge in [-0.15, -0.1) is 0 Å². The van der Waals surface area contributed by atoms with Crippen molar-refractivity contribution in [2.24, 2.45) is 0 Å². The Balaban J connectivity index is 2.12. The van der Waals surface area contributed by atoms with E-state index in [1.54, 1.807) is 13.1 Å². The lowest BCUT2D eigenvalue weighted by Crippen LogP contribution is -2.37. The topological polar surface area (TPSA) is 72.1 Å². The molecule has 0 saturated carbocycles. The van der Waals surface area contributed by atoms with Gasteiger partial charge >= 0.3 is 0 Å². The third-order valence-corrected chi connectivity index (χ3v) is 2.98. The summed E-state index contributed by atoms with van der Waals surface area (Å²) in [5.74, 6) is 0.729. The molecule has 16 heavy (non-hydrogen) atoms. The second kappa shape index (κ2) is 4.47. The summed E-state index contributed by atoms with van der Waals surface area (Å²) in [6, 6.07) is 1.88. The smallest absolute Gasteiger partial charge is 0.220 e. The highest BCUT2D eigenvalue weighted by molar-refractivity contribution is 5.73. The predicted octanol–water partition coefficient (Wildman–Crippen LogP) is 0.785. The molecule has 0 aromatic carbocycles. The van der Waals surface area contributed by atoms with Gasteiger partial charge in [-0.05, 0) is 18.9 Å². The molecule has 1 aliphatic rings. The van der Waals surface area contributed by atoms with Crippen molar-refractivity contribution >= 4 is 11.9 Å². The Morgan fingerprint density at radius 2 is 2.44 bits per heavy atom. The van der Waals surface area contributed by atoms with E-state index in [4.69, 9.17) is 5.73 Å². The molecular formula is C11H16N4O. The second-order valence-corrected chi connectivity index (χ2v) is 4.14. The van der Waals surface area contributed by atoms with Crippen molar-refractivity contribution in [2.75, 3.05) is 18.8 Å². The van der Waals surface area contributed by atoms with Gasteiger partial charge in [-0.25, -0.2) is 9.97 Å². The molecule has 1 amide bonds. The summed E-state index contributed by atoms with van der Waals surface area (Å²) >= 11 is 0. The van der Waals surface area contributed by atoms with Crippen molar-refractivity contribution in [1.29, 1.82) is 0 Å². The first-order valence-corrected chi connectivity index (χ1v) is 5.51. The lowest BCUT2D eigenvalue weighted by Gasteiger charge is -2.31. The fourth-order valence-electron chi connectivity index (χ4n) is 2.12. The number of hydrogen-bond acceptors (Lipinski definition) is 4. The highest BCUT2D eigenvalue weighted by atomic mass is 16.2. The third-order valence-electron chi connectivity index (χ3n) is 2.98. The summed E-state index contributed by atoms with van der Waals surface area (Å²) in [5, 5.41) is 0. The molecule has 5 heteroatoms. The molecule has 1 atom stereocenters. The largest absolute Gasteiger partial charge is 0.368 e. The van der Waals surface area contributed by atoms with E-state index < -0.39 is 0 Å². The van der Waals surface area contributed by atoms with Crippen LogP contribution in [-0.2, 0) is 4.79 Å². The molecule has 5 nitrogen and oxygen atoms in total. The van der Waals surface area contributed by atoms with Crippen LogP contribution in [0.4, 0.5) is 5.95 Å². The number of piperidine rings is 1. The van der Waals surface area contributed by atoms with Gasteiger partial charge in [0.05, 0.1) is 5.69 Å². The van der Waals surface area contributed by atoms with Crippen LogP contribution in [0.2, 0.25) is 0 Å². The lowest BCUT2D eigenvalue weighted by atomic mass is 9.94. The third kappa shape index (κ3) is 2.29. The molecule has 0 spiro atoms. The number of anilines is 1. The van der Waals surface area contributed by atoms with Gasteiger partial charge in [0.15, 0.2) is 0 Å². The molecule has 0 aliphatic carbocycles. The number of likely N-dealkylation sites (tertiary alicyclic amines) is 1. The monoisotopic (exact) mass is 220 g/mol. The fourth-order valence-corrected chi connectivity index (χ4v) is 2.12. The van der Waals surface area contributed by atoms with Gasteiger partial charge in [0.2, 0.25) is 11.9 Å². The molecule has 2 rings (SSSR count). The van der Waals surface area contributed by atoms with Gasteiger partial charge in [0.1, 0.15) is 0 Å². The lowest BCUT2D eigenvalue weighted by molar-refractivity contribution is -0.130. The van der Waals surface area contributed by atoms with Crippen LogP contribution in [0, 0.1) is 0 Å². The van der Waals surface area contributed by atoms with Crippen LogP contribution >= 0.6 is 0 Å². The van der Waals surface area contributed by atoms with Crippen molar-refractivity contribution in [1.82, 2.24) is 14.9 Å². The molecule has 1 fully saturated rings. The first-order chi connectivity index (χ1) is 7.66. The first kappa shape index (κ1) is 10.9. The van der Waals surface area contributed by atoms with Gasteiger partial charge in [-0.1, -0.05) is 0 Å². The number of carbonyl (C=O) groups is 1. The number of nitrogens with two attached hydrogens (primary N) is 1. The number of amides is 1. The maximum absolute atomic E-state index is 11.3. The van der Waals surface area contributed by atoms with Gasteiger partial charge in [-0.2, -0.15) is 0 Å². The van der Waals surface area contributed by atoms with E-state index >= 15 is 0 Å². The van der Waals surface area contributed by atoms with Gasteiger partial charge in [0, 0.05) is 32.1 Å². The highest BCUT2D eigenvalue weighted by Crippen LogP contribution is 2.25. The van der Waals surface area contributed by atoms with E-state index in [1.165, 1.54) is 0 Å². The van der Waals surface area contributed by atoms with E-state index in [9.17, 15) is 4.79 Å². The Morgan fingerprint density at radius 3 is 3.12 bits per heavy atom. The van der Waals surface area contributed by atoms with Crippen molar-refractivity contribution in [3.8, 4) is 0 Å². The summed E-state index contributed by atoms with van der Waals surface area (Å²) in [6.45, 7) is 3.20. The zero-order valence-corrected chi connectivity index (χ0v) is 9.39. The summed E-state index contributed by atoms with van der Waals surface area (Å²) < 4.78 is 0. The molecule has 86 valence electrons. The maximum atomic E-state index is 11.3. The normalized spacial score (nSPS) is 20.8. The molecule has 0 unspecified atom stereocenters. The molecule has 2 N–H and O–H groups in total. The van der Waals surface area contributed by atoms with Crippen LogP contribution in [0.3, 0.4) is 0 Å². The number of carbonyl (C=O) groups excluding carboxylic acids is 1. The molecule has 2 heterocycles. The summed E-state index contributed by atoms with van der Waals surface area (Å²) in [7, 11) is 0. The minimum atomic E-state index is 0.131. The van der Waals surface area contributed by atoms with Gasteiger partial charge < -0.3 is 10.6 Å². The molecule has 1 aromatic rings. The van der Waals surface area contributed by atoms with Crippen LogP contribution in [0.15, 0.2) is 12.3 Å². The van der Waals surface area contributed by atoms with E-state index in [2.05, 4.69) is 9.97 Å². The Morgan fingerprint density at radius 1 is 1.62 bits per heavy atom. The van der Waals surface area contributed by atoms with Gasteiger partial charge in [-0.3, -0.25) is 4.79 Å². The van der Waals surface area contributed by atoms with Crippen molar-refractivity contribution in [3.05, 3.63) is 18.0 Å². The average Bonchev–Trinajstić information content (AvgIpc) is 2.29. The van der Waals surface area contributed by atoms with Crippen LogP contribution in [0.25, 0.3) is 0 Å².